The van der Waals surface area contributed by atoms with Crippen LogP contribution in [-0.4, -0.2) is 16.2 Å². The fourth-order valence-electron chi connectivity index (χ4n) is 1.56. The smallest absolute Gasteiger partial charge is 0.228 e. The summed E-state index contributed by atoms with van der Waals surface area (Å²) in [4.78, 5) is 4.20. The van der Waals surface area contributed by atoms with E-state index in [1.807, 2.05) is 6.92 Å². The van der Waals surface area contributed by atoms with Gasteiger partial charge in [0.05, 0.1) is 0 Å². The summed E-state index contributed by atoms with van der Waals surface area (Å²) >= 11 is 5.92. The van der Waals surface area contributed by atoms with Crippen molar-refractivity contribution in [1.82, 2.24) is 10.1 Å². The molecule has 2 N–H and O–H groups in total. The van der Waals surface area contributed by atoms with Crippen molar-refractivity contribution in [1.29, 1.82) is 0 Å². The second-order valence-corrected chi connectivity index (χ2v) is 4.61. The van der Waals surface area contributed by atoms with E-state index < -0.39 is 0 Å². The van der Waals surface area contributed by atoms with Gasteiger partial charge in [-0.1, -0.05) is 22.8 Å². The summed E-state index contributed by atoms with van der Waals surface area (Å²) in [6, 6.07) is 4.19. The van der Waals surface area contributed by atoms with Crippen molar-refractivity contribution in [3.8, 4) is 0 Å². The molecule has 0 amide bonds. The average molecular weight is 270 g/mol. The number of aromatic nitrogens is 2. The molecule has 1 atom stereocenters. The fourth-order valence-corrected chi connectivity index (χ4v) is 1.79. The highest BCUT2D eigenvalue weighted by Crippen LogP contribution is 2.19. The Morgan fingerprint density at radius 3 is 2.94 bits per heavy atom. The van der Waals surface area contributed by atoms with Gasteiger partial charge in [-0.3, -0.25) is 0 Å². The van der Waals surface area contributed by atoms with Crippen LogP contribution in [0.2, 0.25) is 5.02 Å². The molecule has 6 heteroatoms. The third kappa shape index (κ3) is 3.27. The number of halogens is 2. The lowest BCUT2D eigenvalue weighted by Crippen LogP contribution is -2.17. The molecule has 1 aromatic heterocycles. The fraction of sp³-hybridized carbons (Fsp3) is 0.333. The molecule has 4 nitrogen and oxygen atoms in total. The Hall–Kier alpha value is -1.46. The van der Waals surface area contributed by atoms with Gasteiger partial charge in [-0.25, -0.2) is 4.39 Å². The van der Waals surface area contributed by atoms with Crippen LogP contribution in [0.1, 0.15) is 24.2 Å². The number of nitrogens with zero attached hydrogens (tertiary/aromatic N) is 2. The molecule has 0 aliphatic carbocycles. The predicted octanol–water partition coefficient (Wildman–Crippen LogP) is 2.34. The minimum atomic E-state index is -0.366. The second-order valence-electron chi connectivity index (χ2n) is 4.20. The van der Waals surface area contributed by atoms with Gasteiger partial charge in [0.1, 0.15) is 5.82 Å². The van der Waals surface area contributed by atoms with Crippen LogP contribution in [0.15, 0.2) is 22.7 Å². The van der Waals surface area contributed by atoms with Crippen LogP contribution < -0.4 is 5.73 Å². The first-order chi connectivity index (χ1) is 8.54. The molecule has 1 unspecified atom stereocenters. The molecular formula is C12H13ClFN3O. The summed E-state index contributed by atoms with van der Waals surface area (Å²) in [7, 11) is 0. The van der Waals surface area contributed by atoms with E-state index in [-0.39, 0.29) is 11.9 Å². The van der Waals surface area contributed by atoms with Crippen molar-refractivity contribution >= 4 is 11.6 Å². The monoisotopic (exact) mass is 269 g/mol. The number of rotatable bonds is 4. The van der Waals surface area contributed by atoms with E-state index in [0.717, 1.165) is 5.56 Å². The minimum Gasteiger partial charge on any atom is -0.339 e. The van der Waals surface area contributed by atoms with Crippen LogP contribution >= 0.6 is 11.6 Å². The van der Waals surface area contributed by atoms with E-state index in [1.165, 1.54) is 12.1 Å². The molecule has 18 heavy (non-hydrogen) atoms. The Kier molecular flexibility index (Phi) is 3.93. The maximum Gasteiger partial charge on any atom is 0.228 e. The first-order valence-corrected chi connectivity index (χ1v) is 5.93. The van der Waals surface area contributed by atoms with Crippen LogP contribution in [0.4, 0.5) is 4.39 Å². The Morgan fingerprint density at radius 2 is 2.28 bits per heavy atom. The quantitative estimate of drug-likeness (QED) is 0.925. The molecule has 0 aliphatic heterocycles. The third-order valence-electron chi connectivity index (χ3n) is 2.37. The number of hydrogen-bond acceptors (Lipinski definition) is 4. The Balaban J connectivity index is 2.11. The number of hydrogen-bond donors (Lipinski definition) is 1. The highest BCUT2D eigenvalue weighted by atomic mass is 35.5. The number of benzene rings is 1. The van der Waals surface area contributed by atoms with E-state index >= 15 is 0 Å². The van der Waals surface area contributed by atoms with Crippen molar-refractivity contribution in [2.75, 3.05) is 0 Å². The lowest BCUT2D eigenvalue weighted by Gasteiger charge is -2.00. The Morgan fingerprint density at radius 1 is 1.50 bits per heavy atom. The summed E-state index contributed by atoms with van der Waals surface area (Å²) in [6.45, 7) is 1.86. The predicted molar refractivity (Wildman–Crippen MR) is 65.9 cm³/mol. The lowest BCUT2D eigenvalue weighted by atomic mass is 10.1. The van der Waals surface area contributed by atoms with E-state index in [0.29, 0.717) is 29.6 Å². The van der Waals surface area contributed by atoms with E-state index in [4.69, 9.17) is 21.9 Å². The van der Waals surface area contributed by atoms with E-state index in [2.05, 4.69) is 10.1 Å². The zero-order valence-corrected chi connectivity index (χ0v) is 10.6. The highest BCUT2D eigenvalue weighted by Gasteiger charge is 2.11. The molecule has 0 spiro atoms. The molecule has 0 fully saturated rings. The molecule has 0 radical (unpaired) electrons. The van der Waals surface area contributed by atoms with Crippen molar-refractivity contribution in [2.24, 2.45) is 5.73 Å². The topological polar surface area (TPSA) is 64.9 Å². The maximum absolute atomic E-state index is 12.9. The Labute approximate surface area is 109 Å². The summed E-state index contributed by atoms with van der Waals surface area (Å²) < 4.78 is 17.9. The maximum atomic E-state index is 12.9. The SMILES string of the molecule is CC(N)Cc1nc(Cc2ccc(F)cc2Cl)no1. The summed E-state index contributed by atoms with van der Waals surface area (Å²) in [6.07, 6.45) is 0.936. The van der Waals surface area contributed by atoms with Crippen molar-refractivity contribution in [2.45, 2.75) is 25.8 Å². The van der Waals surface area contributed by atoms with Crippen LogP contribution in [0.5, 0.6) is 0 Å². The molecule has 0 saturated carbocycles. The largest absolute Gasteiger partial charge is 0.339 e. The van der Waals surface area contributed by atoms with Crippen LogP contribution in [0, 0.1) is 5.82 Å². The van der Waals surface area contributed by atoms with Crippen molar-refractivity contribution in [3.05, 3.63) is 46.3 Å². The zero-order chi connectivity index (χ0) is 13.1. The molecule has 1 heterocycles. The molecule has 2 rings (SSSR count). The van der Waals surface area contributed by atoms with Gasteiger partial charge in [-0.2, -0.15) is 4.98 Å². The van der Waals surface area contributed by atoms with E-state index in [9.17, 15) is 4.39 Å². The zero-order valence-electron chi connectivity index (χ0n) is 9.86. The summed E-state index contributed by atoms with van der Waals surface area (Å²) in [5, 5.41) is 4.19. The van der Waals surface area contributed by atoms with Gasteiger partial charge in [0, 0.05) is 23.9 Å². The van der Waals surface area contributed by atoms with Gasteiger partial charge < -0.3 is 10.3 Å². The summed E-state index contributed by atoms with van der Waals surface area (Å²) in [5.74, 6) is 0.645. The first-order valence-electron chi connectivity index (χ1n) is 5.55. The molecule has 0 aliphatic rings. The summed E-state index contributed by atoms with van der Waals surface area (Å²) in [5.41, 5.74) is 6.39. The van der Waals surface area contributed by atoms with Crippen molar-refractivity contribution in [3.63, 3.8) is 0 Å². The van der Waals surface area contributed by atoms with Crippen molar-refractivity contribution < 1.29 is 8.91 Å². The molecule has 1 aromatic carbocycles. The van der Waals surface area contributed by atoms with Gasteiger partial charge in [-0.15, -0.1) is 0 Å². The molecule has 96 valence electrons. The van der Waals surface area contributed by atoms with E-state index in [1.54, 1.807) is 6.07 Å². The molecule has 0 saturated heterocycles. The molecular weight excluding hydrogens is 257 g/mol. The minimum absolute atomic E-state index is 0.0345. The average Bonchev–Trinajstić information content (AvgIpc) is 2.69. The first kappa shape index (κ1) is 13.0. The van der Waals surface area contributed by atoms with Crippen LogP contribution in [-0.2, 0) is 12.8 Å². The van der Waals surface area contributed by atoms with Crippen LogP contribution in [0.25, 0.3) is 0 Å². The molecule has 0 bridgehead atoms. The van der Waals surface area contributed by atoms with Gasteiger partial charge in [0.2, 0.25) is 5.89 Å². The standard InChI is InChI=1S/C12H13ClFN3O/c1-7(15)4-12-16-11(17-18-12)5-8-2-3-9(14)6-10(8)13/h2-3,6-7H,4-5,15H2,1H3. The van der Waals surface area contributed by atoms with Gasteiger partial charge in [0.25, 0.3) is 0 Å². The normalized spacial score (nSPS) is 12.7. The van der Waals surface area contributed by atoms with Gasteiger partial charge in [0.15, 0.2) is 5.82 Å². The Bertz CT molecular complexity index is 542. The molecule has 2 aromatic rings. The van der Waals surface area contributed by atoms with Gasteiger partial charge in [-0.05, 0) is 24.6 Å². The van der Waals surface area contributed by atoms with Gasteiger partial charge >= 0.3 is 0 Å². The number of nitrogens with two attached hydrogens (primary N) is 1. The second kappa shape index (κ2) is 5.46. The lowest BCUT2D eigenvalue weighted by molar-refractivity contribution is 0.367. The third-order valence-corrected chi connectivity index (χ3v) is 2.72. The van der Waals surface area contributed by atoms with Crippen LogP contribution in [0.3, 0.4) is 0 Å². The highest BCUT2D eigenvalue weighted by molar-refractivity contribution is 6.31.